The van der Waals surface area contributed by atoms with Crippen molar-refractivity contribution in [3.05, 3.63) is 27.2 Å². The highest BCUT2D eigenvalue weighted by molar-refractivity contribution is 5.71. The lowest BCUT2D eigenvalue weighted by Gasteiger charge is -2.07. The van der Waals surface area contributed by atoms with Gasteiger partial charge in [-0.1, -0.05) is 6.92 Å². The Morgan fingerprint density at radius 3 is 2.65 bits per heavy atom. The number of carbonyl (C=O) groups is 1. The highest BCUT2D eigenvalue weighted by Crippen LogP contribution is 2.06. The van der Waals surface area contributed by atoms with E-state index in [1.54, 1.807) is 0 Å². The van der Waals surface area contributed by atoms with E-state index in [0.717, 1.165) is 4.57 Å². The Kier molecular flexibility index (Phi) is 3.73. The average molecular weight is 280 g/mol. The third kappa shape index (κ3) is 2.24. The zero-order valence-corrected chi connectivity index (χ0v) is 11.6. The van der Waals surface area contributed by atoms with Gasteiger partial charge in [-0.3, -0.25) is 23.3 Å². The molecule has 108 valence electrons. The SMILES string of the molecule is CCCC(=O)OCn1cnc2c1c(=O)n(C)c(=O)n2C. The number of esters is 1. The van der Waals surface area contributed by atoms with E-state index < -0.39 is 11.2 Å². The molecule has 0 atom stereocenters. The lowest BCUT2D eigenvalue weighted by molar-refractivity contribution is -0.147. The molecule has 2 rings (SSSR count). The standard InChI is InChI=1S/C12H16N4O4/c1-4-5-8(17)20-7-16-6-13-10-9(16)11(18)15(3)12(19)14(10)2/h6H,4-5,7H2,1-3H3. The highest BCUT2D eigenvalue weighted by Gasteiger charge is 2.14. The van der Waals surface area contributed by atoms with Crippen molar-refractivity contribution < 1.29 is 9.53 Å². The van der Waals surface area contributed by atoms with E-state index in [1.165, 1.54) is 29.6 Å². The van der Waals surface area contributed by atoms with Gasteiger partial charge in [-0.05, 0) is 6.42 Å². The Morgan fingerprint density at radius 1 is 1.30 bits per heavy atom. The maximum absolute atomic E-state index is 12.1. The fourth-order valence-electron chi connectivity index (χ4n) is 1.91. The van der Waals surface area contributed by atoms with Crippen LogP contribution in [0.4, 0.5) is 0 Å². The monoisotopic (exact) mass is 280 g/mol. The van der Waals surface area contributed by atoms with E-state index in [9.17, 15) is 14.4 Å². The second-order valence-electron chi connectivity index (χ2n) is 4.49. The van der Waals surface area contributed by atoms with Gasteiger partial charge in [-0.2, -0.15) is 0 Å². The predicted octanol–water partition coefficient (Wildman–Crippen LogP) is -0.266. The van der Waals surface area contributed by atoms with Crippen LogP contribution in [0.3, 0.4) is 0 Å². The fraction of sp³-hybridized carbons (Fsp3) is 0.500. The van der Waals surface area contributed by atoms with Crippen LogP contribution in [0.2, 0.25) is 0 Å². The topological polar surface area (TPSA) is 88.1 Å². The van der Waals surface area contributed by atoms with Crippen molar-refractivity contribution in [3.63, 3.8) is 0 Å². The van der Waals surface area contributed by atoms with Gasteiger partial charge >= 0.3 is 11.7 Å². The summed E-state index contributed by atoms with van der Waals surface area (Å²) in [5.41, 5.74) is -0.411. The first kappa shape index (κ1) is 14.0. The maximum Gasteiger partial charge on any atom is 0.332 e. The Labute approximate surface area is 114 Å². The molecule has 8 heteroatoms. The van der Waals surface area contributed by atoms with Gasteiger partial charge < -0.3 is 4.74 Å². The molecule has 8 nitrogen and oxygen atoms in total. The molecule has 0 spiro atoms. The van der Waals surface area contributed by atoms with Crippen LogP contribution in [-0.4, -0.2) is 24.7 Å². The van der Waals surface area contributed by atoms with Gasteiger partial charge in [0.15, 0.2) is 17.9 Å². The van der Waals surface area contributed by atoms with Gasteiger partial charge in [0, 0.05) is 20.5 Å². The number of fused-ring (bicyclic) bond motifs is 1. The van der Waals surface area contributed by atoms with Gasteiger partial charge in [0.2, 0.25) is 0 Å². The molecule has 0 radical (unpaired) electrons. The second kappa shape index (κ2) is 5.32. The third-order valence-corrected chi connectivity index (χ3v) is 3.04. The summed E-state index contributed by atoms with van der Waals surface area (Å²) in [6.07, 6.45) is 2.40. The molecule has 0 saturated heterocycles. The molecule has 0 aliphatic heterocycles. The molecule has 2 heterocycles. The van der Waals surface area contributed by atoms with Crippen molar-refractivity contribution in [3.8, 4) is 0 Å². The van der Waals surface area contributed by atoms with E-state index >= 15 is 0 Å². The smallest absolute Gasteiger partial charge is 0.332 e. The molecule has 0 fully saturated rings. The summed E-state index contributed by atoms with van der Waals surface area (Å²) in [5, 5.41) is 0. The molecule has 2 aromatic heterocycles. The van der Waals surface area contributed by atoms with Crippen molar-refractivity contribution in [2.75, 3.05) is 0 Å². The molecule has 0 saturated carbocycles. The summed E-state index contributed by atoms with van der Waals surface area (Å²) in [4.78, 5) is 39.2. The molecule has 0 aliphatic rings. The number of ether oxygens (including phenoxy) is 1. The molecule has 0 unspecified atom stereocenters. The van der Waals surface area contributed by atoms with Gasteiger partial charge in [-0.25, -0.2) is 9.78 Å². The zero-order valence-electron chi connectivity index (χ0n) is 11.6. The summed E-state index contributed by atoms with van der Waals surface area (Å²) in [7, 11) is 2.93. The first-order chi connectivity index (χ1) is 9.47. The average Bonchev–Trinajstić information content (AvgIpc) is 2.85. The molecular formula is C12H16N4O4. The van der Waals surface area contributed by atoms with Gasteiger partial charge in [0.1, 0.15) is 6.33 Å². The fourth-order valence-corrected chi connectivity index (χ4v) is 1.91. The number of imidazole rings is 1. The van der Waals surface area contributed by atoms with Crippen LogP contribution >= 0.6 is 0 Å². The normalized spacial score (nSPS) is 10.9. The van der Waals surface area contributed by atoms with Crippen molar-refractivity contribution in [2.45, 2.75) is 26.5 Å². The number of hydrogen-bond acceptors (Lipinski definition) is 5. The Balaban J connectivity index is 2.45. The number of aromatic nitrogens is 4. The van der Waals surface area contributed by atoms with Crippen molar-refractivity contribution in [2.24, 2.45) is 14.1 Å². The molecule has 2 aromatic rings. The minimum Gasteiger partial charge on any atom is -0.444 e. The first-order valence-corrected chi connectivity index (χ1v) is 6.23. The highest BCUT2D eigenvalue weighted by atomic mass is 16.5. The summed E-state index contributed by atoms with van der Waals surface area (Å²) in [6.45, 7) is 1.78. The lowest BCUT2D eigenvalue weighted by atomic mass is 10.3. The number of aryl methyl sites for hydroxylation is 1. The summed E-state index contributed by atoms with van der Waals surface area (Å²) < 4.78 is 8.74. The quantitative estimate of drug-likeness (QED) is 0.720. The van der Waals surface area contributed by atoms with E-state index in [0.29, 0.717) is 12.8 Å². The first-order valence-electron chi connectivity index (χ1n) is 6.23. The van der Waals surface area contributed by atoms with Crippen LogP contribution in [0, 0.1) is 0 Å². The van der Waals surface area contributed by atoms with Gasteiger partial charge in [0.25, 0.3) is 5.56 Å². The molecule has 0 aliphatic carbocycles. The van der Waals surface area contributed by atoms with Crippen LogP contribution in [0.5, 0.6) is 0 Å². The second-order valence-corrected chi connectivity index (χ2v) is 4.49. The summed E-state index contributed by atoms with van der Waals surface area (Å²) >= 11 is 0. The third-order valence-electron chi connectivity index (χ3n) is 3.04. The lowest BCUT2D eigenvalue weighted by Crippen LogP contribution is -2.37. The van der Waals surface area contributed by atoms with Gasteiger partial charge in [0.05, 0.1) is 0 Å². The summed E-state index contributed by atoms with van der Waals surface area (Å²) in [5.74, 6) is -0.337. The van der Waals surface area contributed by atoms with Crippen LogP contribution in [0.25, 0.3) is 11.2 Å². The van der Waals surface area contributed by atoms with Crippen LogP contribution in [-0.2, 0) is 30.4 Å². The molecule has 20 heavy (non-hydrogen) atoms. The van der Waals surface area contributed by atoms with E-state index in [2.05, 4.69) is 4.98 Å². The van der Waals surface area contributed by atoms with Crippen LogP contribution in [0.1, 0.15) is 19.8 Å². The maximum atomic E-state index is 12.1. The van der Waals surface area contributed by atoms with E-state index in [1.807, 2.05) is 6.92 Å². The predicted molar refractivity (Wildman–Crippen MR) is 71.2 cm³/mol. The zero-order chi connectivity index (χ0) is 14.9. The molecular weight excluding hydrogens is 264 g/mol. The van der Waals surface area contributed by atoms with Crippen LogP contribution < -0.4 is 11.2 Å². The minimum atomic E-state index is -0.466. The molecule has 0 amide bonds. The van der Waals surface area contributed by atoms with Crippen LogP contribution in [0.15, 0.2) is 15.9 Å². The Morgan fingerprint density at radius 2 is 2.00 bits per heavy atom. The Hall–Kier alpha value is -2.38. The summed E-state index contributed by atoms with van der Waals surface area (Å²) in [6, 6.07) is 0. The number of hydrogen-bond donors (Lipinski definition) is 0. The molecule has 0 aromatic carbocycles. The Bertz CT molecular complexity index is 768. The number of rotatable bonds is 4. The van der Waals surface area contributed by atoms with E-state index in [-0.39, 0.29) is 23.9 Å². The number of nitrogens with zero attached hydrogens (tertiary/aromatic N) is 4. The molecule has 0 bridgehead atoms. The van der Waals surface area contributed by atoms with Crippen molar-refractivity contribution in [1.82, 2.24) is 18.7 Å². The van der Waals surface area contributed by atoms with Crippen molar-refractivity contribution >= 4 is 17.1 Å². The van der Waals surface area contributed by atoms with E-state index in [4.69, 9.17) is 4.74 Å². The molecule has 0 N–H and O–H groups in total. The minimum absolute atomic E-state index is 0.0945. The van der Waals surface area contributed by atoms with Gasteiger partial charge in [-0.15, -0.1) is 0 Å². The largest absolute Gasteiger partial charge is 0.444 e. The van der Waals surface area contributed by atoms with Crippen molar-refractivity contribution in [1.29, 1.82) is 0 Å². The number of carbonyl (C=O) groups excluding carboxylic acids is 1.